The zero-order valence-corrected chi connectivity index (χ0v) is 13.7. The summed E-state index contributed by atoms with van der Waals surface area (Å²) in [6.07, 6.45) is 1.95. The van der Waals surface area contributed by atoms with Gasteiger partial charge < -0.3 is 14.8 Å². The number of ether oxygens (including phenoxy) is 2. The lowest BCUT2D eigenvalue weighted by Gasteiger charge is -2.16. The van der Waals surface area contributed by atoms with E-state index in [4.69, 9.17) is 9.47 Å². The molecule has 0 amide bonds. The van der Waals surface area contributed by atoms with Gasteiger partial charge in [0.25, 0.3) is 0 Å². The lowest BCUT2D eigenvalue weighted by molar-refractivity contribution is -0.139. The number of hydrogen-bond acceptors (Lipinski definition) is 4. The number of benzene rings is 1. The van der Waals surface area contributed by atoms with Gasteiger partial charge in [-0.2, -0.15) is 0 Å². The normalized spacial score (nSPS) is 11.6. The minimum atomic E-state index is -0.0521. The Morgan fingerprint density at radius 1 is 1.14 bits per heavy atom. The minimum Gasteiger partial charge on any atom is -0.353 e. The monoisotopic (exact) mass is 307 g/mol. The lowest BCUT2D eigenvalue weighted by Crippen LogP contribution is -2.21. The van der Waals surface area contributed by atoms with Crippen molar-refractivity contribution in [2.24, 2.45) is 0 Å². The molecular weight excluding hydrogens is 282 g/mol. The van der Waals surface area contributed by atoms with E-state index in [2.05, 4.69) is 35.0 Å². The molecule has 116 valence electrons. The van der Waals surface area contributed by atoms with Crippen LogP contribution < -0.4 is 5.32 Å². The second kappa shape index (κ2) is 9.15. The first kappa shape index (κ1) is 16.4. The van der Waals surface area contributed by atoms with Crippen LogP contribution in [0.15, 0.2) is 29.6 Å². The van der Waals surface area contributed by atoms with E-state index in [1.165, 1.54) is 15.6 Å². The van der Waals surface area contributed by atoms with Crippen LogP contribution in [-0.4, -0.2) is 26.0 Å². The van der Waals surface area contributed by atoms with E-state index in [0.29, 0.717) is 13.2 Å². The standard InChI is InChI=1S/C17H25NO2S/c1-3-19-17(20-4-2)10-7-11-18-12-14-13-21-16-9-6-5-8-15(14)16/h5-6,8-9,13,17-18H,3-4,7,10-12H2,1-2H3. The van der Waals surface area contributed by atoms with E-state index in [1.54, 1.807) is 0 Å². The van der Waals surface area contributed by atoms with E-state index in [-0.39, 0.29) is 6.29 Å². The molecule has 2 aromatic rings. The summed E-state index contributed by atoms with van der Waals surface area (Å²) in [5.74, 6) is 0. The molecule has 21 heavy (non-hydrogen) atoms. The van der Waals surface area contributed by atoms with Gasteiger partial charge in [-0.05, 0) is 55.6 Å². The molecule has 0 aliphatic heterocycles. The van der Waals surface area contributed by atoms with Gasteiger partial charge in [0.2, 0.25) is 0 Å². The SMILES string of the molecule is CCOC(CCCNCc1csc2ccccc12)OCC. The third-order valence-electron chi connectivity index (χ3n) is 3.38. The fourth-order valence-corrected chi connectivity index (χ4v) is 3.34. The fourth-order valence-electron chi connectivity index (χ4n) is 2.37. The molecule has 1 aromatic heterocycles. The molecule has 0 bridgehead atoms. The Bertz CT molecular complexity index is 520. The third kappa shape index (κ3) is 5.08. The molecule has 1 heterocycles. The molecule has 0 fully saturated rings. The Kier molecular flexibility index (Phi) is 7.16. The Hall–Kier alpha value is -0.940. The van der Waals surface area contributed by atoms with Crippen molar-refractivity contribution < 1.29 is 9.47 Å². The average Bonchev–Trinajstić information content (AvgIpc) is 2.91. The summed E-state index contributed by atoms with van der Waals surface area (Å²) in [7, 11) is 0. The number of fused-ring (bicyclic) bond motifs is 1. The summed E-state index contributed by atoms with van der Waals surface area (Å²) >= 11 is 1.82. The molecule has 3 nitrogen and oxygen atoms in total. The van der Waals surface area contributed by atoms with Crippen LogP contribution in [0.1, 0.15) is 32.3 Å². The van der Waals surface area contributed by atoms with E-state index in [9.17, 15) is 0 Å². The van der Waals surface area contributed by atoms with Gasteiger partial charge in [-0.15, -0.1) is 11.3 Å². The van der Waals surface area contributed by atoms with E-state index >= 15 is 0 Å². The summed E-state index contributed by atoms with van der Waals surface area (Å²) in [5, 5.41) is 7.14. The first-order chi connectivity index (χ1) is 10.3. The second-order valence-electron chi connectivity index (χ2n) is 4.92. The van der Waals surface area contributed by atoms with Gasteiger partial charge in [0, 0.05) is 24.5 Å². The van der Waals surface area contributed by atoms with Crippen molar-refractivity contribution in [3.05, 3.63) is 35.2 Å². The van der Waals surface area contributed by atoms with Crippen molar-refractivity contribution in [2.45, 2.75) is 39.5 Å². The molecule has 0 aliphatic carbocycles. The summed E-state index contributed by atoms with van der Waals surface area (Å²) in [4.78, 5) is 0. The van der Waals surface area contributed by atoms with Crippen molar-refractivity contribution in [1.29, 1.82) is 0 Å². The third-order valence-corrected chi connectivity index (χ3v) is 4.39. The van der Waals surface area contributed by atoms with Crippen LogP contribution in [0.3, 0.4) is 0 Å². The van der Waals surface area contributed by atoms with Crippen LogP contribution >= 0.6 is 11.3 Å². The van der Waals surface area contributed by atoms with Crippen LogP contribution in [0.25, 0.3) is 10.1 Å². The second-order valence-corrected chi connectivity index (χ2v) is 5.83. The van der Waals surface area contributed by atoms with Crippen molar-refractivity contribution in [2.75, 3.05) is 19.8 Å². The molecular formula is C17H25NO2S. The minimum absolute atomic E-state index is 0.0521. The lowest BCUT2D eigenvalue weighted by atomic mass is 10.2. The predicted molar refractivity (Wildman–Crippen MR) is 89.8 cm³/mol. The molecule has 0 saturated heterocycles. The van der Waals surface area contributed by atoms with Crippen LogP contribution in [0, 0.1) is 0 Å². The van der Waals surface area contributed by atoms with Crippen LogP contribution in [0.2, 0.25) is 0 Å². The van der Waals surface area contributed by atoms with Gasteiger partial charge in [0.15, 0.2) is 6.29 Å². The van der Waals surface area contributed by atoms with Crippen LogP contribution in [0.5, 0.6) is 0 Å². The van der Waals surface area contributed by atoms with E-state index in [0.717, 1.165) is 25.9 Å². The largest absolute Gasteiger partial charge is 0.353 e. The van der Waals surface area contributed by atoms with Crippen LogP contribution in [0.4, 0.5) is 0 Å². The van der Waals surface area contributed by atoms with Gasteiger partial charge in [0.05, 0.1) is 0 Å². The molecule has 4 heteroatoms. The zero-order valence-electron chi connectivity index (χ0n) is 12.9. The Labute approximate surface area is 131 Å². The van der Waals surface area contributed by atoms with Gasteiger partial charge in [-0.1, -0.05) is 18.2 Å². The summed E-state index contributed by atoms with van der Waals surface area (Å²) < 4.78 is 12.5. The maximum atomic E-state index is 5.54. The highest BCUT2D eigenvalue weighted by Crippen LogP contribution is 2.25. The van der Waals surface area contributed by atoms with E-state index in [1.807, 2.05) is 25.2 Å². The van der Waals surface area contributed by atoms with Crippen LogP contribution in [-0.2, 0) is 16.0 Å². The number of nitrogens with one attached hydrogen (secondary N) is 1. The summed E-state index contributed by atoms with van der Waals surface area (Å²) in [6, 6.07) is 8.58. The highest BCUT2D eigenvalue weighted by atomic mass is 32.1. The highest BCUT2D eigenvalue weighted by molar-refractivity contribution is 7.17. The molecule has 0 radical (unpaired) electrons. The molecule has 0 spiro atoms. The van der Waals surface area contributed by atoms with Gasteiger partial charge in [-0.3, -0.25) is 0 Å². The first-order valence-corrected chi connectivity index (χ1v) is 8.62. The Morgan fingerprint density at radius 3 is 2.67 bits per heavy atom. The smallest absolute Gasteiger partial charge is 0.157 e. The summed E-state index contributed by atoms with van der Waals surface area (Å²) in [5.41, 5.74) is 1.39. The maximum absolute atomic E-state index is 5.54. The number of hydrogen-bond donors (Lipinski definition) is 1. The zero-order chi connectivity index (χ0) is 14.9. The van der Waals surface area contributed by atoms with Crippen molar-refractivity contribution in [3.63, 3.8) is 0 Å². The molecule has 1 aromatic carbocycles. The highest BCUT2D eigenvalue weighted by Gasteiger charge is 2.07. The molecule has 2 rings (SSSR count). The molecule has 0 saturated carbocycles. The fraction of sp³-hybridized carbons (Fsp3) is 0.529. The van der Waals surface area contributed by atoms with Crippen molar-refractivity contribution >= 4 is 21.4 Å². The molecule has 0 aliphatic rings. The maximum Gasteiger partial charge on any atom is 0.157 e. The summed E-state index contributed by atoms with van der Waals surface area (Å²) in [6.45, 7) is 7.34. The molecule has 0 unspecified atom stereocenters. The number of rotatable bonds is 10. The Morgan fingerprint density at radius 2 is 1.90 bits per heavy atom. The van der Waals surface area contributed by atoms with E-state index < -0.39 is 0 Å². The Balaban J connectivity index is 1.70. The number of thiophene rings is 1. The predicted octanol–water partition coefficient (Wildman–Crippen LogP) is 4.17. The van der Waals surface area contributed by atoms with Gasteiger partial charge in [-0.25, -0.2) is 0 Å². The molecule has 0 atom stereocenters. The van der Waals surface area contributed by atoms with Crippen molar-refractivity contribution in [1.82, 2.24) is 5.32 Å². The average molecular weight is 307 g/mol. The van der Waals surface area contributed by atoms with Gasteiger partial charge in [0.1, 0.15) is 0 Å². The quantitative estimate of drug-likeness (QED) is 0.528. The molecule has 1 N–H and O–H groups in total. The topological polar surface area (TPSA) is 30.5 Å². The van der Waals surface area contributed by atoms with Gasteiger partial charge >= 0.3 is 0 Å². The first-order valence-electron chi connectivity index (χ1n) is 7.74. The van der Waals surface area contributed by atoms with Crippen molar-refractivity contribution in [3.8, 4) is 0 Å².